The molecule has 2 nitrogen and oxygen atoms in total. The van der Waals surface area contributed by atoms with Gasteiger partial charge in [-0.2, -0.15) is 0 Å². The number of hydrogen-bond acceptors (Lipinski definition) is 2. The van der Waals surface area contributed by atoms with Crippen LogP contribution in [-0.2, 0) is 9.53 Å². The van der Waals surface area contributed by atoms with Crippen molar-refractivity contribution in [3.05, 3.63) is 58.6 Å². The molecule has 1 atom stereocenters. The van der Waals surface area contributed by atoms with Crippen LogP contribution in [0.25, 0.3) is 11.1 Å². The molecule has 1 unspecified atom stereocenters. The Labute approximate surface area is 123 Å². The molecule has 1 saturated heterocycles. The second-order valence-electron chi connectivity index (χ2n) is 5.06. The minimum absolute atomic E-state index is 0.122. The molecule has 2 aromatic carbocycles. The van der Waals surface area contributed by atoms with E-state index in [0.717, 1.165) is 33.7 Å². The predicted octanol–water partition coefficient (Wildman–Crippen LogP) is 4.35. The van der Waals surface area contributed by atoms with Gasteiger partial charge in [-0.05, 0) is 47.7 Å². The Morgan fingerprint density at radius 3 is 2.70 bits per heavy atom. The van der Waals surface area contributed by atoms with E-state index < -0.39 is 0 Å². The number of cyclic esters (lactones) is 1. The summed E-state index contributed by atoms with van der Waals surface area (Å²) in [6, 6.07) is 14.0. The number of esters is 1. The maximum absolute atomic E-state index is 11.8. The van der Waals surface area contributed by atoms with Crippen LogP contribution in [0.3, 0.4) is 0 Å². The van der Waals surface area contributed by atoms with Crippen molar-refractivity contribution in [2.75, 3.05) is 6.61 Å². The fourth-order valence-electron chi connectivity index (χ4n) is 2.65. The third-order valence-corrected chi connectivity index (χ3v) is 4.16. The predicted molar refractivity (Wildman–Crippen MR) is 79.9 cm³/mol. The number of carbonyl (C=O) groups excluding carboxylic acids is 1. The van der Waals surface area contributed by atoms with Crippen molar-refractivity contribution >= 4 is 17.6 Å². The SMILES string of the molecule is Cc1cc(-c2ccccc2C2CCOC2=O)ccc1Cl. The highest BCUT2D eigenvalue weighted by Gasteiger charge is 2.29. The summed E-state index contributed by atoms with van der Waals surface area (Å²) < 4.78 is 5.09. The molecule has 1 heterocycles. The molecule has 0 spiro atoms. The van der Waals surface area contributed by atoms with Gasteiger partial charge < -0.3 is 4.74 Å². The first-order valence-corrected chi connectivity index (χ1v) is 7.06. The molecule has 0 bridgehead atoms. The number of aryl methyl sites for hydroxylation is 1. The summed E-state index contributed by atoms with van der Waals surface area (Å²) in [5, 5.41) is 0.756. The van der Waals surface area contributed by atoms with Gasteiger partial charge in [-0.3, -0.25) is 4.79 Å². The molecular weight excluding hydrogens is 272 g/mol. The number of ether oxygens (including phenoxy) is 1. The molecule has 0 amide bonds. The normalized spacial score (nSPS) is 18.1. The zero-order chi connectivity index (χ0) is 14.1. The molecule has 2 aromatic rings. The van der Waals surface area contributed by atoms with Crippen LogP contribution in [0.4, 0.5) is 0 Å². The van der Waals surface area contributed by atoms with Crippen molar-refractivity contribution in [1.29, 1.82) is 0 Å². The van der Waals surface area contributed by atoms with Gasteiger partial charge in [0.15, 0.2) is 0 Å². The maximum atomic E-state index is 11.8. The minimum Gasteiger partial charge on any atom is -0.465 e. The minimum atomic E-state index is -0.151. The van der Waals surface area contributed by atoms with E-state index >= 15 is 0 Å². The Bertz CT molecular complexity index is 664. The summed E-state index contributed by atoms with van der Waals surface area (Å²) in [4.78, 5) is 11.8. The van der Waals surface area contributed by atoms with E-state index in [1.807, 2.05) is 43.3 Å². The summed E-state index contributed by atoms with van der Waals surface area (Å²) in [6.07, 6.45) is 0.752. The van der Waals surface area contributed by atoms with Gasteiger partial charge in [0.25, 0.3) is 0 Å². The first-order valence-electron chi connectivity index (χ1n) is 6.69. The standard InChI is InChI=1S/C17H15ClO2/c1-11-10-12(6-7-16(11)18)13-4-2-3-5-14(13)15-8-9-20-17(15)19/h2-7,10,15H,8-9H2,1H3. The van der Waals surface area contributed by atoms with Gasteiger partial charge in [-0.25, -0.2) is 0 Å². The first-order chi connectivity index (χ1) is 9.66. The number of halogens is 1. The Morgan fingerprint density at radius 1 is 1.20 bits per heavy atom. The quantitative estimate of drug-likeness (QED) is 0.767. The van der Waals surface area contributed by atoms with Crippen LogP contribution in [0.2, 0.25) is 5.02 Å². The molecule has 0 radical (unpaired) electrons. The Hall–Kier alpha value is -1.80. The van der Waals surface area contributed by atoms with Crippen molar-refractivity contribution in [2.24, 2.45) is 0 Å². The molecule has 1 aliphatic rings. The van der Waals surface area contributed by atoms with Crippen LogP contribution in [-0.4, -0.2) is 12.6 Å². The van der Waals surface area contributed by atoms with Crippen molar-refractivity contribution in [3.63, 3.8) is 0 Å². The molecule has 1 fully saturated rings. The zero-order valence-electron chi connectivity index (χ0n) is 11.2. The highest BCUT2D eigenvalue weighted by molar-refractivity contribution is 6.31. The Balaban J connectivity index is 2.09. The van der Waals surface area contributed by atoms with E-state index in [1.54, 1.807) is 0 Å². The van der Waals surface area contributed by atoms with Crippen LogP contribution in [0.5, 0.6) is 0 Å². The van der Waals surface area contributed by atoms with Gasteiger partial charge in [-0.15, -0.1) is 0 Å². The van der Waals surface area contributed by atoms with Crippen LogP contribution in [0.15, 0.2) is 42.5 Å². The molecule has 3 heteroatoms. The van der Waals surface area contributed by atoms with Crippen LogP contribution < -0.4 is 0 Å². The summed E-state index contributed by atoms with van der Waals surface area (Å²) in [7, 11) is 0. The van der Waals surface area contributed by atoms with E-state index in [2.05, 4.69) is 6.07 Å². The summed E-state index contributed by atoms with van der Waals surface area (Å²) in [6.45, 7) is 2.50. The highest BCUT2D eigenvalue weighted by atomic mass is 35.5. The molecule has 20 heavy (non-hydrogen) atoms. The largest absolute Gasteiger partial charge is 0.465 e. The number of rotatable bonds is 2. The van der Waals surface area contributed by atoms with E-state index in [1.165, 1.54) is 0 Å². The maximum Gasteiger partial charge on any atom is 0.313 e. The number of hydrogen-bond donors (Lipinski definition) is 0. The van der Waals surface area contributed by atoms with Crippen molar-refractivity contribution < 1.29 is 9.53 Å². The lowest BCUT2D eigenvalue weighted by molar-refractivity contribution is -0.139. The summed E-state index contributed by atoms with van der Waals surface area (Å²) in [5.74, 6) is -0.273. The van der Waals surface area contributed by atoms with Gasteiger partial charge in [0.05, 0.1) is 12.5 Å². The lowest BCUT2D eigenvalue weighted by Crippen LogP contribution is -2.07. The molecule has 0 aliphatic carbocycles. The average molecular weight is 287 g/mol. The van der Waals surface area contributed by atoms with Crippen molar-refractivity contribution in [3.8, 4) is 11.1 Å². The second kappa shape index (κ2) is 5.29. The molecule has 1 aliphatic heterocycles. The van der Waals surface area contributed by atoms with Gasteiger partial charge in [0.1, 0.15) is 0 Å². The average Bonchev–Trinajstić information content (AvgIpc) is 2.88. The molecule has 0 N–H and O–H groups in total. The van der Waals surface area contributed by atoms with Crippen molar-refractivity contribution in [2.45, 2.75) is 19.3 Å². The van der Waals surface area contributed by atoms with E-state index in [9.17, 15) is 4.79 Å². The third kappa shape index (κ3) is 2.32. The topological polar surface area (TPSA) is 26.3 Å². The van der Waals surface area contributed by atoms with Crippen molar-refractivity contribution in [1.82, 2.24) is 0 Å². The third-order valence-electron chi connectivity index (χ3n) is 3.74. The van der Waals surface area contributed by atoms with Crippen LogP contribution in [0, 0.1) is 6.92 Å². The lowest BCUT2D eigenvalue weighted by Gasteiger charge is -2.13. The fourth-order valence-corrected chi connectivity index (χ4v) is 2.77. The van der Waals surface area contributed by atoms with Gasteiger partial charge >= 0.3 is 5.97 Å². The molecule has 0 saturated carbocycles. The van der Waals surface area contributed by atoms with Crippen LogP contribution in [0.1, 0.15) is 23.5 Å². The van der Waals surface area contributed by atoms with E-state index in [4.69, 9.17) is 16.3 Å². The zero-order valence-corrected chi connectivity index (χ0v) is 12.0. The summed E-state index contributed by atoms with van der Waals surface area (Å²) >= 11 is 6.08. The second-order valence-corrected chi connectivity index (χ2v) is 5.47. The monoisotopic (exact) mass is 286 g/mol. The first kappa shape index (κ1) is 13.2. The number of benzene rings is 2. The van der Waals surface area contributed by atoms with Gasteiger partial charge in [0.2, 0.25) is 0 Å². The smallest absolute Gasteiger partial charge is 0.313 e. The van der Waals surface area contributed by atoms with Gasteiger partial charge in [0, 0.05) is 5.02 Å². The molecule has 102 valence electrons. The van der Waals surface area contributed by atoms with E-state index in [-0.39, 0.29) is 11.9 Å². The molecule has 0 aromatic heterocycles. The highest BCUT2D eigenvalue weighted by Crippen LogP contribution is 2.35. The van der Waals surface area contributed by atoms with Gasteiger partial charge in [-0.1, -0.05) is 41.9 Å². The number of carbonyl (C=O) groups is 1. The Morgan fingerprint density at radius 2 is 2.00 bits per heavy atom. The van der Waals surface area contributed by atoms with Crippen LogP contribution >= 0.6 is 11.6 Å². The molecule has 3 rings (SSSR count). The molecular formula is C17H15ClO2. The van der Waals surface area contributed by atoms with E-state index in [0.29, 0.717) is 6.61 Å². The lowest BCUT2D eigenvalue weighted by atomic mass is 9.89. The summed E-state index contributed by atoms with van der Waals surface area (Å²) in [5.41, 5.74) is 4.24. The fraction of sp³-hybridized carbons (Fsp3) is 0.235. The Kier molecular flexibility index (Phi) is 3.49.